The maximum Gasteiger partial charge on any atom is 0.0913 e. The zero-order valence-corrected chi connectivity index (χ0v) is 23.0. The van der Waals surface area contributed by atoms with Gasteiger partial charge in [-0.25, -0.2) is 0 Å². The van der Waals surface area contributed by atoms with Gasteiger partial charge < -0.3 is 25.5 Å². The Morgan fingerprint density at radius 3 is 2.09 bits per heavy atom. The first kappa shape index (κ1) is 26.2. The summed E-state index contributed by atoms with van der Waals surface area (Å²) in [6.45, 7) is 15.4. The van der Waals surface area contributed by atoms with Crippen LogP contribution < -0.4 is 0 Å². The molecule has 0 aliphatic heterocycles. The van der Waals surface area contributed by atoms with Crippen LogP contribution in [0.1, 0.15) is 93.4 Å². The third-order valence-corrected chi connectivity index (χ3v) is 13.4. The molecule has 200 valence electrons. The minimum absolute atomic E-state index is 0.0194. The quantitative estimate of drug-likeness (QED) is 0.357. The van der Waals surface area contributed by atoms with E-state index < -0.39 is 29.1 Å². The van der Waals surface area contributed by atoms with Gasteiger partial charge in [0, 0.05) is 0 Å². The van der Waals surface area contributed by atoms with Crippen molar-refractivity contribution >= 4 is 0 Å². The van der Waals surface area contributed by atoms with Crippen LogP contribution in [0.2, 0.25) is 0 Å². The smallest absolute Gasteiger partial charge is 0.0913 e. The second-order valence-corrected chi connectivity index (χ2v) is 15.3. The predicted molar refractivity (Wildman–Crippen MR) is 136 cm³/mol. The summed E-state index contributed by atoms with van der Waals surface area (Å²) in [6, 6.07) is 0. The molecule has 4 saturated carbocycles. The summed E-state index contributed by atoms with van der Waals surface area (Å²) < 4.78 is 0. The number of hydrogen-bond donors (Lipinski definition) is 5. The van der Waals surface area contributed by atoms with Crippen molar-refractivity contribution in [1.29, 1.82) is 0 Å². The van der Waals surface area contributed by atoms with Crippen molar-refractivity contribution in [3.8, 4) is 0 Å². The molecular weight excluding hydrogens is 440 g/mol. The van der Waals surface area contributed by atoms with Gasteiger partial charge in [0.05, 0.1) is 36.4 Å². The number of aliphatic hydroxyl groups is 5. The van der Waals surface area contributed by atoms with Crippen molar-refractivity contribution in [3.05, 3.63) is 11.6 Å². The zero-order chi connectivity index (χ0) is 26.0. The van der Waals surface area contributed by atoms with Crippen LogP contribution in [-0.4, -0.2) is 56.6 Å². The summed E-state index contributed by atoms with van der Waals surface area (Å²) >= 11 is 0. The predicted octanol–water partition coefficient (Wildman–Crippen LogP) is 4.05. The number of rotatable bonds is 1. The topological polar surface area (TPSA) is 101 Å². The molecule has 5 rings (SSSR count). The highest BCUT2D eigenvalue weighted by Crippen LogP contribution is 2.75. The van der Waals surface area contributed by atoms with Crippen LogP contribution in [-0.2, 0) is 0 Å². The van der Waals surface area contributed by atoms with Gasteiger partial charge in [-0.05, 0) is 89.8 Å². The molecule has 0 unspecified atom stereocenters. The molecule has 35 heavy (non-hydrogen) atoms. The lowest BCUT2D eigenvalue weighted by molar-refractivity contribution is -0.257. The van der Waals surface area contributed by atoms with Gasteiger partial charge in [-0.1, -0.05) is 60.1 Å². The van der Waals surface area contributed by atoms with Crippen molar-refractivity contribution < 1.29 is 25.5 Å². The summed E-state index contributed by atoms with van der Waals surface area (Å²) in [5, 5.41) is 55.6. The van der Waals surface area contributed by atoms with E-state index >= 15 is 0 Å². The lowest BCUT2D eigenvalue weighted by atomic mass is 9.33. The molecular formula is C30H50O5. The first-order valence-electron chi connectivity index (χ1n) is 14.1. The van der Waals surface area contributed by atoms with Gasteiger partial charge >= 0.3 is 0 Å². The third-order valence-electron chi connectivity index (χ3n) is 13.4. The molecule has 0 heterocycles. The Labute approximate surface area is 212 Å². The van der Waals surface area contributed by atoms with Crippen molar-refractivity contribution in [1.82, 2.24) is 0 Å². The number of fused-ring (bicyclic) bond motifs is 7. The van der Waals surface area contributed by atoms with E-state index in [-0.39, 0.29) is 40.3 Å². The molecule has 0 spiro atoms. The second kappa shape index (κ2) is 7.56. The fourth-order valence-corrected chi connectivity index (χ4v) is 10.9. The van der Waals surface area contributed by atoms with Crippen LogP contribution in [0, 0.1) is 50.2 Å². The maximum atomic E-state index is 11.7. The Morgan fingerprint density at radius 1 is 0.800 bits per heavy atom. The fourth-order valence-electron chi connectivity index (χ4n) is 10.9. The Hall–Kier alpha value is -0.460. The van der Waals surface area contributed by atoms with Crippen molar-refractivity contribution in [2.24, 2.45) is 50.2 Å². The van der Waals surface area contributed by atoms with Gasteiger partial charge in [0.25, 0.3) is 0 Å². The van der Waals surface area contributed by atoms with Crippen LogP contribution in [0.25, 0.3) is 0 Å². The fraction of sp³-hybridized carbons (Fsp3) is 0.933. The molecule has 4 fully saturated rings. The maximum absolute atomic E-state index is 11.7. The Morgan fingerprint density at radius 2 is 1.46 bits per heavy atom. The molecule has 0 amide bonds. The summed E-state index contributed by atoms with van der Waals surface area (Å²) in [5.74, 6) is 0.754. The highest BCUT2D eigenvalue weighted by molar-refractivity contribution is 5.36. The number of aliphatic hydroxyl groups excluding tert-OH is 5. The van der Waals surface area contributed by atoms with Gasteiger partial charge in [0.2, 0.25) is 0 Å². The molecule has 0 aromatic rings. The van der Waals surface area contributed by atoms with E-state index in [1.54, 1.807) is 0 Å². The molecule has 0 radical (unpaired) electrons. The van der Waals surface area contributed by atoms with Gasteiger partial charge in [0.15, 0.2) is 0 Å². The summed E-state index contributed by atoms with van der Waals surface area (Å²) in [7, 11) is 0. The first-order chi connectivity index (χ1) is 16.0. The van der Waals surface area contributed by atoms with Crippen LogP contribution in [0.15, 0.2) is 11.6 Å². The molecule has 5 nitrogen and oxygen atoms in total. The van der Waals surface area contributed by atoms with Crippen molar-refractivity contribution in [2.75, 3.05) is 6.61 Å². The summed E-state index contributed by atoms with van der Waals surface area (Å²) in [5.41, 5.74) is -0.580. The first-order valence-corrected chi connectivity index (χ1v) is 14.1. The van der Waals surface area contributed by atoms with Crippen molar-refractivity contribution in [3.63, 3.8) is 0 Å². The SMILES string of the molecule is CC1(C)C[C@H]2C3=CC[C@@H]4[C@@]5(C)CC[C@@H](O)C(C)(C)[C@@H]5CC[C@@]4(C)[C@]3(C)C[C@@H](O)[C@@]2(CO)[C@@H](O)[C@H]1O. The average Bonchev–Trinajstić information content (AvgIpc) is 2.76. The van der Waals surface area contributed by atoms with E-state index in [0.717, 1.165) is 32.1 Å². The molecule has 5 aliphatic rings. The van der Waals surface area contributed by atoms with Crippen LogP contribution in [0.3, 0.4) is 0 Å². The average molecular weight is 491 g/mol. The molecule has 0 bridgehead atoms. The molecule has 5 N–H and O–H groups in total. The molecule has 5 heteroatoms. The van der Waals surface area contributed by atoms with Crippen LogP contribution >= 0.6 is 0 Å². The van der Waals surface area contributed by atoms with Crippen LogP contribution in [0.5, 0.6) is 0 Å². The lowest BCUT2D eigenvalue weighted by Gasteiger charge is -2.72. The highest BCUT2D eigenvalue weighted by atomic mass is 16.3. The van der Waals surface area contributed by atoms with Crippen LogP contribution in [0.4, 0.5) is 0 Å². The molecule has 0 aromatic heterocycles. The Balaban J connectivity index is 1.63. The largest absolute Gasteiger partial charge is 0.396 e. The van der Waals surface area contributed by atoms with E-state index in [4.69, 9.17) is 0 Å². The van der Waals surface area contributed by atoms with Gasteiger partial charge in [0.1, 0.15) is 0 Å². The second-order valence-electron chi connectivity index (χ2n) is 15.3. The highest BCUT2D eigenvalue weighted by Gasteiger charge is 2.72. The lowest BCUT2D eigenvalue weighted by Crippen LogP contribution is -2.71. The standard InChI is InChI=1S/C30H50O5/c1-25(2)14-18-17-8-9-20-27(5)12-11-21(32)26(3,4)19(27)10-13-28(20,6)29(17,7)15-22(33)30(18,16-31)24(35)23(25)34/h8,18-24,31-35H,9-16H2,1-7H3/t18-,19-,20+,21+,22+,23+,24-,27-,28+,29+,30-/m0/s1. The number of allylic oxidation sites excluding steroid dienone is 2. The van der Waals surface area contributed by atoms with E-state index in [9.17, 15) is 25.5 Å². The van der Waals surface area contributed by atoms with E-state index in [2.05, 4.69) is 40.7 Å². The normalized spacial score (nSPS) is 56.7. The minimum atomic E-state index is -1.17. The summed E-state index contributed by atoms with van der Waals surface area (Å²) in [4.78, 5) is 0. The molecule has 11 atom stereocenters. The Kier molecular flexibility index (Phi) is 5.65. The van der Waals surface area contributed by atoms with Crippen molar-refractivity contribution in [2.45, 2.75) is 118 Å². The minimum Gasteiger partial charge on any atom is -0.396 e. The summed E-state index contributed by atoms with van der Waals surface area (Å²) in [6.07, 6.45) is 5.25. The van der Waals surface area contributed by atoms with E-state index in [1.807, 2.05) is 13.8 Å². The molecule has 0 aromatic carbocycles. The monoisotopic (exact) mass is 490 g/mol. The van der Waals surface area contributed by atoms with Gasteiger partial charge in [-0.15, -0.1) is 0 Å². The zero-order valence-electron chi connectivity index (χ0n) is 23.0. The van der Waals surface area contributed by atoms with Gasteiger partial charge in [-0.3, -0.25) is 0 Å². The number of hydrogen-bond acceptors (Lipinski definition) is 5. The van der Waals surface area contributed by atoms with Gasteiger partial charge in [-0.2, -0.15) is 0 Å². The third kappa shape index (κ3) is 2.94. The van der Waals surface area contributed by atoms with E-state index in [1.165, 1.54) is 5.57 Å². The van der Waals surface area contributed by atoms with E-state index in [0.29, 0.717) is 24.7 Å². The molecule has 0 saturated heterocycles. The Bertz CT molecular complexity index is 910. The molecule has 5 aliphatic carbocycles.